The van der Waals surface area contributed by atoms with E-state index in [-0.39, 0.29) is 5.82 Å². The first-order valence-electron chi connectivity index (χ1n) is 6.38. The third-order valence-electron chi connectivity index (χ3n) is 3.24. The number of aromatic nitrogens is 2. The van der Waals surface area contributed by atoms with Crippen LogP contribution in [0.4, 0.5) is 10.1 Å². The van der Waals surface area contributed by atoms with Gasteiger partial charge in [-0.3, -0.25) is 4.98 Å². The second-order valence-corrected chi connectivity index (χ2v) is 5.57. The molecule has 102 valence electrons. The molecule has 0 unspecified atom stereocenters. The summed E-state index contributed by atoms with van der Waals surface area (Å²) in [5.74, 6) is -0.257. The fraction of sp³-hybridized carbons (Fsp3) is 0.200. The molecule has 0 bridgehead atoms. The van der Waals surface area contributed by atoms with Gasteiger partial charge in [-0.25, -0.2) is 9.37 Å². The van der Waals surface area contributed by atoms with Crippen molar-refractivity contribution >= 4 is 27.9 Å². The molecule has 0 aliphatic carbocycles. The molecule has 0 atom stereocenters. The highest BCUT2D eigenvalue weighted by atomic mass is 32.1. The molecule has 2 heterocycles. The Balaban J connectivity index is 1.85. The number of halogens is 1. The third-order valence-corrected chi connectivity index (χ3v) is 4.08. The largest absolute Gasteiger partial charge is 0.374 e. The molecule has 2 aromatic heterocycles. The first kappa shape index (κ1) is 13.0. The summed E-state index contributed by atoms with van der Waals surface area (Å²) in [6.45, 7) is 0.865. The summed E-state index contributed by atoms with van der Waals surface area (Å²) in [6, 6.07) is 6.69. The zero-order chi connectivity index (χ0) is 13.9. The molecule has 0 saturated carbocycles. The van der Waals surface area contributed by atoms with Crippen LogP contribution in [0.5, 0.6) is 0 Å². The van der Waals surface area contributed by atoms with Crippen LogP contribution in [-0.4, -0.2) is 23.6 Å². The van der Waals surface area contributed by atoms with Gasteiger partial charge in [-0.15, -0.1) is 11.3 Å². The lowest BCUT2D eigenvalue weighted by molar-refractivity contribution is 0.629. The van der Waals surface area contributed by atoms with E-state index in [0.29, 0.717) is 5.52 Å². The van der Waals surface area contributed by atoms with Gasteiger partial charge in [0.15, 0.2) is 0 Å². The fourth-order valence-electron chi connectivity index (χ4n) is 2.20. The predicted octanol–water partition coefficient (Wildman–Crippen LogP) is 3.51. The second-order valence-electron chi connectivity index (χ2n) is 4.59. The number of benzene rings is 1. The lowest BCUT2D eigenvalue weighted by atomic mass is 10.1. The maximum absolute atomic E-state index is 13.2. The smallest absolute Gasteiger partial charge is 0.125 e. The Hall–Kier alpha value is -2.01. The van der Waals surface area contributed by atoms with Gasteiger partial charge < -0.3 is 4.90 Å². The van der Waals surface area contributed by atoms with E-state index >= 15 is 0 Å². The molecule has 0 spiro atoms. The van der Waals surface area contributed by atoms with E-state index in [0.717, 1.165) is 29.0 Å². The fourth-order valence-corrected chi connectivity index (χ4v) is 2.81. The van der Waals surface area contributed by atoms with Crippen molar-refractivity contribution in [2.75, 3.05) is 18.5 Å². The Morgan fingerprint density at radius 1 is 1.20 bits per heavy atom. The molecule has 0 aliphatic rings. The Labute approximate surface area is 120 Å². The lowest BCUT2D eigenvalue weighted by Crippen LogP contribution is -2.20. The normalized spacial score (nSPS) is 10.9. The minimum absolute atomic E-state index is 0.257. The molecular formula is C15H14FN3S. The topological polar surface area (TPSA) is 29.0 Å². The molecule has 0 saturated heterocycles. The van der Waals surface area contributed by atoms with E-state index in [1.807, 2.05) is 24.7 Å². The molecule has 0 radical (unpaired) electrons. The van der Waals surface area contributed by atoms with Crippen molar-refractivity contribution in [1.82, 2.24) is 9.97 Å². The van der Waals surface area contributed by atoms with Crippen molar-refractivity contribution in [3.63, 3.8) is 0 Å². The molecule has 3 rings (SSSR count). The number of rotatable bonds is 4. The van der Waals surface area contributed by atoms with Crippen LogP contribution in [0, 0.1) is 5.82 Å². The van der Waals surface area contributed by atoms with E-state index in [1.165, 1.54) is 12.1 Å². The van der Waals surface area contributed by atoms with Gasteiger partial charge in [0.1, 0.15) is 5.82 Å². The summed E-state index contributed by atoms with van der Waals surface area (Å²) in [6.07, 6.45) is 4.45. The highest BCUT2D eigenvalue weighted by Crippen LogP contribution is 2.25. The second kappa shape index (κ2) is 5.54. The van der Waals surface area contributed by atoms with E-state index in [9.17, 15) is 4.39 Å². The van der Waals surface area contributed by atoms with Gasteiger partial charge in [0, 0.05) is 54.9 Å². The third kappa shape index (κ3) is 2.63. The molecule has 0 aliphatic heterocycles. The maximum Gasteiger partial charge on any atom is 0.125 e. The summed E-state index contributed by atoms with van der Waals surface area (Å²) >= 11 is 1.67. The molecule has 0 amide bonds. The lowest BCUT2D eigenvalue weighted by Gasteiger charge is -2.20. The van der Waals surface area contributed by atoms with Crippen molar-refractivity contribution in [2.45, 2.75) is 6.42 Å². The summed E-state index contributed by atoms with van der Waals surface area (Å²) in [7, 11) is 2.03. The number of likely N-dealkylation sites (N-methyl/N-ethyl adjacent to an activating group) is 1. The molecule has 1 aromatic carbocycles. The predicted molar refractivity (Wildman–Crippen MR) is 80.8 cm³/mol. The molecule has 3 nitrogen and oxygen atoms in total. The number of pyridine rings is 1. The average molecular weight is 287 g/mol. The van der Waals surface area contributed by atoms with Crippen LogP contribution in [0.2, 0.25) is 0 Å². The van der Waals surface area contributed by atoms with Crippen LogP contribution in [0.25, 0.3) is 10.9 Å². The maximum atomic E-state index is 13.2. The van der Waals surface area contributed by atoms with Crippen molar-refractivity contribution in [3.05, 3.63) is 52.9 Å². The minimum atomic E-state index is -0.257. The number of fused-ring (bicyclic) bond motifs is 1. The molecule has 3 aromatic rings. The summed E-state index contributed by atoms with van der Waals surface area (Å²) in [5, 5.41) is 4.08. The zero-order valence-corrected chi connectivity index (χ0v) is 11.9. The number of thiazole rings is 1. The van der Waals surface area contributed by atoms with Gasteiger partial charge in [-0.1, -0.05) is 0 Å². The van der Waals surface area contributed by atoms with Gasteiger partial charge in [0.2, 0.25) is 0 Å². The minimum Gasteiger partial charge on any atom is -0.374 e. The average Bonchev–Trinajstić information content (AvgIpc) is 2.97. The number of hydrogen-bond donors (Lipinski definition) is 0. The highest BCUT2D eigenvalue weighted by molar-refractivity contribution is 7.09. The van der Waals surface area contributed by atoms with Crippen molar-refractivity contribution in [1.29, 1.82) is 0 Å². The van der Waals surface area contributed by atoms with Gasteiger partial charge in [-0.2, -0.15) is 0 Å². The molecule has 5 heteroatoms. The Bertz CT molecular complexity index is 712. The van der Waals surface area contributed by atoms with E-state index < -0.39 is 0 Å². The molecule has 20 heavy (non-hydrogen) atoms. The van der Waals surface area contributed by atoms with E-state index in [4.69, 9.17) is 0 Å². The van der Waals surface area contributed by atoms with Crippen LogP contribution < -0.4 is 4.90 Å². The first-order chi connectivity index (χ1) is 9.74. The zero-order valence-electron chi connectivity index (χ0n) is 11.1. The molecule has 0 N–H and O–H groups in total. The van der Waals surface area contributed by atoms with Crippen LogP contribution in [-0.2, 0) is 6.42 Å². The SMILES string of the molecule is CN(CCc1nccs1)c1ccnc2cc(F)ccc12. The summed E-state index contributed by atoms with van der Waals surface area (Å²) in [5.41, 5.74) is 1.75. The van der Waals surface area contributed by atoms with E-state index in [1.54, 1.807) is 23.6 Å². The van der Waals surface area contributed by atoms with Crippen LogP contribution >= 0.6 is 11.3 Å². The summed E-state index contributed by atoms with van der Waals surface area (Å²) < 4.78 is 13.2. The van der Waals surface area contributed by atoms with E-state index in [2.05, 4.69) is 14.9 Å². The van der Waals surface area contributed by atoms with Crippen molar-refractivity contribution < 1.29 is 4.39 Å². The standard InChI is InChI=1S/C15H14FN3S/c1-19(8-5-15-18-7-9-20-15)14-4-6-17-13-10-11(16)2-3-12(13)14/h2-4,6-7,9-10H,5,8H2,1H3. The Morgan fingerprint density at radius 3 is 2.90 bits per heavy atom. The van der Waals surface area contributed by atoms with Crippen molar-refractivity contribution in [2.24, 2.45) is 0 Å². The van der Waals surface area contributed by atoms with Crippen molar-refractivity contribution in [3.8, 4) is 0 Å². The first-order valence-corrected chi connectivity index (χ1v) is 7.26. The monoisotopic (exact) mass is 287 g/mol. The number of hydrogen-bond acceptors (Lipinski definition) is 4. The van der Waals surface area contributed by atoms with Crippen LogP contribution in [0.3, 0.4) is 0 Å². The van der Waals surface area contributed by atoms with Crippen LogP contribution in [0.15, 0.2) is 42.0 Å². The Kier molecular flexibility index (Phi) is 3.60. The molecule has 0 fully saturated rings. The quantitative estimate of drug-likeness (QED) is 0.735. The summed E-state index contributed by atoms with van der Waals surface area (Å²) in [4.78, 5) is 10.7. The molecular weight excluding hydrogens is 273 g/mol. The van der Waals surface area contributed by atoms with Crippen LogP contribution in [0.1, 0.15) is 5.01 Å². The van der Waals surface area contributed by atoms with Gasteiger partial charge in [0.05, 0.1) is 10.5 Å². The Morgan fingerprint density at radius 2 is 2.10 bits per heavy atom. The van der Waals surface area contributed by atoms with Gasteiger partial charge >= 0.3 is 0 Å². The van der Waals surface area contributed by atoms with Gasteiger partial charge in [0.25, 0.3) is 0 Å². The number of anilines is 1. The number of nitrogens with zero attached hydrogens (tertiary/aromatic N) is 3. The highest BCUT2D eigenvalue weighted by Gasteiger charge is 2.08. The van der Waals surface area contributed by atoms with Gasteiger partial charge in [-0.05, 0) is 18.2 Å².